The number of likely N-dealkylation sites (N-methyl/N-ethyl adjacent to an activating group) is 1. The molecule has 0 radical (unpaired) electrons. The van der Waals surface area contributed by atoms with E-state index in [1.54, 1.807) is 6.26 Å². The van der Waals surface area contributed by atoms with E-state index >= 15 is 0 Å². The van der Waals surface area contributed by atoms with Gasteiger partial charge in [-0.25, -0.2) is 9.78 Å². The van der Waals surface area contributed by atoms with Gasteiger partial charge in [-0.1, -0.05) is 0 Å². The molecule has 3 heterocycles. The van der Waals surface area contributed by atoms with Gasteiger partial charge in [0, 0.05) is 46.2 Å². The number of oxazole rings is 1. The molecule has 0 aliphatic carbocycles. The van der Waals surface area contributed by atoms with E-state index in [2.05, 4.69) is 9.88 Å². The standard InChI is InChI=1S/C16H26N4O3/c1-13-17-14(12-23-13)10-19-5-3-4-15(11-19)18(2)16(21)20-6-8-22-9-7-20/h12,15H,3-11H2,1-2H3. The molecule has 2 aliphatic heterocycles. The summed E-state index contributed by atoms with van der Waals surface area (Å²) in [6.45, 7) is 7.24. The smallest absolute Gasteiger partial charge is 0.320 e. The van der Waals surface area contributed by atoms with Crippen LogP contribution in [0.15, 0.2) is 10.7 Å². The molecule has 3 rings (SSSR count). The zero-order valence-electron chi connectivity index (χ0n) is 14.0. The molecule has 1 aromatic rings. The highest BCUT2D eigenvalue weighted by Gasteiger charge is 2.29. The summed E-state index contributed by atoms with van der Waals surface area (Å²) in [5, 5.41) is 0. The number of nitrogens with zero attached hydrogens (tertiary/aromatic N) is 4. The lowest BCUT2D eigenvalue weighted by molar-refractivity contribution is 0.0365. The molecule has 2 fully saturated rings. The highest BCUT2D eigenvalue weighted by molar-refractivity contribution is 5.74. The van der Waals surface area contributed by atoms with Gasteiger partial charge in [0.2, 0.25) is 0 Å². The van der Waals surface area contributed by atoms with Gasteiger partial charge >= 0.3 is 6.03 Å². The number of ether oxygens (including phenoxy) is 1. The van der Waals surface area contributed by atoms with Crippen LogP contribution in [0.25, 0.3) is 0 Å². The van der Waals surface area contributed by atoms with Gasteiger partial charge in [-0.15, -0.1) is 0 Å². The van der Waals surface area contributed by atoms with Crippen molar-refractivity contribution in [1.82, 2.24) is 19.7 Å². The maximum Gasteiger partial charge on any atom is 0.320 e. The Morgan fingerprint density at radius 1 is 1.39 bits per heavy atom. The molecule has 0 N–H and O–H groups in total. The average molecular weight is 322 g/mol. The fraction of sp³-hybridized carbons (Fsp3) is 0.750. The first-order chi connectivity index (χ1) is 11.1. The third kappa shape index (κ3) is 4.03. The van der Waals surface area contributed by atoms with Crippen LogP contribution in [0.5, 0.6) is 0 Å². The molecule has 7 heteroatoms. The molecule has 0 spiro atoms. The van der Waals surface area contributed by atoms with Crippen molar-refractivity contribution in [2.24, 2.45) is 0 Å². The summed E-state index contributed by atoms with van der Waals surface area (Å²) < 4.78 is 10.6. The Kier molecular flexibility index (Phi) is 5.17. The fourth-order valence-corrected chi connectivity index (χ4v) is 3.33. The number of carbonyl (C=O) groups excluding carboxylic acids is 1. The number of morpholine rings is 1. The Morgan fingerprint density at radius 3 is 2.87 bits per heavy atom. The zero-order valence-corrected chi connectivity index (χ0v) is 14.0. The Labute approximate surface area is 137 Å². The Morgan fingerprint density at radius 2 is 2.17 bits per heavy atom. The summed E-state index contributed by atoms with van der Waals surface area (Å²) in [5.41, 5.74) is 0.963. The second-order valence-electron chi connectivity index (χ2n) is 6.38. The van der Waals surface area contributed by atoms with Gasteiger partial charge in [-0.3, -0.25) is 4.90 Å². The van der Waals surface area contributed by atoms with Crippen LogP contribution >= 0.6 is 0 Å². The van der Waals surface area contributed by atoms with Gasteiger partial charge in [0.1, 0.15) is 6.26 Å². The van der Waals surface area contributed by atoms with Crippen molar-refractivity contribution in [2.75, 3.05) is 46.4 Å². The van der Waals surface area contributed by atoms with Crippen molar-refractivity contribution in [1.29, 1.82) is 0 Å². The van der Waals surface area contributed by atoms with Crippen LogP contribution < -0.4 is 0 Å². The van der Waals surface area contributed by atoms with Crippen LogP contribution in [0.2, 0.25) is 0 Å². The van der Waals surface area contributed by atoms with Gasteiger partial charge in [-0.05, 0) is 19.4 Å². The second kappa shape index (κ2) is 7.31. The summed E-state index contributed by atoms with van der Waals surface area (Å²) in [6.07, 6.45) is 3.88. The molecule has 0 bridgehead atoms. The topological polar surface area (TPSA) is 62.1 Å². The van der Waals surface area contributed by atoms with E-state index in [4.69, 9.17) is 9.15 Å². The maximum atomic E-state index is 12.6. The lowest BCUT2D eigenvalue weighted by Gasteiger charge is -2.40. The number of aryl methyl sites for hydroxylation is 1. The van der Waals surface area contributed by atoms with Gasteiger partial charge in [0.05, 0.1) is 18.9 Å². The number of carbonyl (C=O) groups is 1. The van der Waals surface area contributed by atoms with Crippen LogP contribution in [0.3, 0.4) is 0 Å². The first-order valence-electron chi connectivity index (χ1n) is 8.36. The fourth-order valence-electron chi connectivity index (χ4n) is 3.33. The molecule has 2 amide bonds. The summed E-state index contributed by atoms with van der Waals surface area (Å²) >= 11 is 0. The molecule has 0 aromatic carbocycles. The SMILES string of the molecule is Cc1nc(CN2CCCC(N(C)C(=O)N3CCOCC3)C2)co1. The van der Waals surface area contributed by atoms with Gasteiger partial charge in [0.15, 0.2) is 5.89 Å². The molecular weight excluding hydrogens is 296 g/mol. The van der Waals surface area contributed by atoms with E-state index in [0.717, 1.165) is 38.2 Å². The molecule has 2 saturated heterocycles. The van der Waals surface area contributed by atoms with E-state index in [1.807, 2.05) is 23.8 Å². The number of aromatic nitrogens is 1. The predicted octanol–water partition coefficient (Wildman–Crippen LogP) is 1.33. The quantitative estimate of drug-likeness (QED) is 0.840. The lowest BCUT2D eigenvalue weighted by atomic mass is 10.0. The highest BCUT2D eigenvalue weighted by atomic mass is 16.5. The first-order valence-corrected chi connectivity index (χ1v) is 8.36. The lowest BCUT2D eigenvalue weighted by Crippen LogP contribution is -2.54. The third-order valence-corrected chi connectivity index (χ3v) is 4.66. The number of urea groups is 1. The minimum Gasteiger partial charge on any atom is -0.449 e. The Balaban J connectivity index is 1.55. The van der Waals surface area contributed by atoms with Gasteiger partial charge in [0.25, 0.3) is 0 Å². The van der Waals surface area contributed by atoms with E-state index in [0.29, 0.717) is 32.2 Å². The number of amides is 2. The van der Waals surface area contributed by atoms with Crippen LogP contribution in [0.1, 0.15) is 24.4 Å². The highest BCUT2D eigenvalue weighted by Crippen LogP contribution is 2.18. The Hall–Kier alpha value is -1.60. The van der Waals surface area contributed by atoms with Crippen molar-refractivity contribution in [2.45, 2.75) is 32.4 Å². The normalized spacial score (nSPS) is 23.0. The maximum absolute atomic E-state index is 12.6. The molecule has 128 valence electrons. The first kappa shape index (κ1) is 16.3. The van der Waals surface area contributed by atoms with Crippen molar-refractivity contribution >= 4 is 6.03 Å². The van der Waals surface area contributed by atoms with Crippen molar-refractivity contribution in [3.05, 3.63) is 17.8 Å². The van der Waals surface area contributed by atoms with Crippen LogP contribution in [0, 0.1) is 6.92 Å². The molecule has 1 atom stereocenters. The number of piperidine rings is 1. The van der Waals surface area contributed by atoms with Crippen LogP contribution in [-0.2, 0) is 11.3 Å². The van der Waals surface area contributed by atoms with E-state index in [9.17, 15) is 4.79 Å². The molecular formula is C16H26N4O3. The molecule has 1 aromatic heterocycles. The monoisotopic (exact) mass is 322 g/mol. The number of hydrogen-bond donors (Lipinski definition) is 0. The van der Waals surface area contributed by atoms with Gasteiger partial charge in [-0.2, -0.15) is 0 Å². The summed E-state index contributed by atoms with van der Waals surface area (Å²) in [6, 6.07) is 0.379. The van der Waals surface area contributed by atoms with Gasteiger partial charge < -0.3 is 19.0 Å². The minimum absolute atomic E-state index is 0.123. The third-order valence-electron chi connectivity index (χ3n) is 4.66. The minimum atomic E-state index is 0.123. The molecule has 0 saturated carbocycles. The number of likely N-dealkylation sites (tertiary alicyclic amines) is 1. The molecule has 7 nitrogen and oxygen atoms in total. The summed E-state index contributed by atoms with van der Waals surface area (Å²) in [7, 11) is 1.92. The molecule has 23 heavy (non-hydrogen) atoms. The second-order valence-corrected chi connectivity index (χ2v) is 6.38. The Bertz CT molecular complexity index is 527. The van der Waals surface area contributed by atoms with Crippen molar-refractivity contribution in [3.63, 3.8) is 0 Å². The van der Waals surface area contributed by atoms with Crippen LogP contribution in [0.4, 0.5) is 4.79 Å². The van der Waals surface area contributed by atoms with E-state index in [1.165, 1.54) is 0 Å². The summed E-state index contributed by atoms with van der Waals surface area (Å²) in [4.78, 5) is 23.1. The van der Waals surface area contributed by atoms with Crippen molar-refractivity contribution in [3.8, 4) is 0 Å². The molecule has 1 unspecified atom stereocenters. The number of rotatable bonds is 3. The average Bonchev–Trinajstić information content (AvgIpc) is 2.99. The van der Waals surface area contributed by atoms with E-state index < -0.39 is 0 Å². The largest absolute Gasteiger partial charge is 0.449 e. The zero-order chi connectivity index (χ0) is 16.2. The summed E-state index contributed by atoms with van der Waals surface area (Å²) in [5.74, 6) is 0.702. The molecule has 2 aliphatic rings. The van der Waals surface area contributed by atoms with Crippen molar-refractivity contribution < 1.29 is 13.9 Å². The predicted molar refractivity (Wildman–Crippen MR) is 85.1 cm³/mol. The van der Waals surface area contributed by atoms with Crippen LogP contribution in [-0.4, -0.2) is 78.2 Å². The number of hydrogen-bond acceptors (Lipinski definition) is 5. The van der Waals surface area contributed by atoms with E-state index in [-0.39, 0.29) is 12.1 Å².